The van der Waals surface area contributed by atoms with Crippen molar-refractivity contribution in [3.63, 3.8) is 0 Å². The fourth-order valence-corrected chi connectivity index (χ4v) is 0. The summed E-state index contributed by atoms with van der Waals surface area (Å²) in [6.45, 7) is 0. The molecule has 30 valence electrons. The van der Waals surface area contributed by atoms with Crippen LogP contribution in [0.3, 0.4) is 0 Å². The van der Waals surface area contributed by atoms with Crippen molar-refractivity contribution in [3.8, 4) is 0 Å². The normalized spacial score (nSPS) is 1.50. The Kier molecular flexibility index (Phi) is 4690. The lowest BCUT2D eigenvalue weighted by Crippen LogP contribution is -1.25. The molecule has 0 bridgehead atoms. The van der Waals surface area contributed by atoms with Gasteiger partial charge in [0.25, 0.3) is 0 Å². The van der Waals surface area contributed by atoms with Crippen molar-refractivity contribution < 1.29 is 9.81 Å². The molecule has 0 heterocycles. The van der Waals surface area contributed by atoms with Crippen LogP contribution in [0.15, 0.2) is 0 Å². The van der Waals surface area contributed by atoms with Gasteiger partial charge in [-0.05, 0) is 0 Å². The smallest absolute Gasteiger partial charge is 0.0319 e. The predicted octanol–water partition coefficient (Wildman–Crippen LogP) is -0.0770. The van der Waals surface area contributed by atoms with Crippen LogP contribution in [-0.4, -0.2) is 12.2 Å². The van der Waals surface area contributed by atoms with Gasteiger partial charge in [0.1, 0.15) is 0 Å². The van der Waals surface area contributed by atoms with E-state index in [0.29, 0.717) is 0 Å². The first-order chi connectivity index (χ1) is 1.00. The monoisotopic (exact) mass is 69.1 g/mol. The maximum absolute atomic E-state index is 7.00. The van der Waals surface area contributed by atoms with E-state index in [9.17, 15) is 0 Å². The second-order valence-corrected chi connectivity index (χ2v) is 0. The zero-order valence-corrected chi connectivity index (χ0v) is 2.56. The molecule has 0 atom stereocenters. The molecule has 3 heteroatoms. The molecule has 4 N–H and O–H groups in total. The number of aliphatic hydroxyl groups is 1. The third kappa shape index (κ3) is 59.4. The van der Waals surface area contributed by atoms with E-state index < -0.39 is 0 Å². The average Bonchev–Trinajstić information content (AvgIpc) is 1.00. The van der Waals surface area contributed by atoms with Crippen molar-refractivity contribution >= 4 is 0 Å². The Labute approximate surface area is 24.4 Å². The van der Waals surface area contributed by atoms with Crippen LogP contribution < -0.4 is 6.15 Å². The third-order valence-electron chi connectivity index (χ3n) is 0. The molecule has 0 aliphatic heterocycles. The largest absolute Gasteiger partial charge is 0.400 e. The molecule has 2 nitrogen and oxygen atoms in total. The summed E-state index contributed by atoms with van der Waals surface area (Å²) in [5.74, 6) is 0. The van der Waals surface area contributed by atoms with Crippen LogP contribution in [-0.2, 0) is 0 Å². The second kappa shape index (κ2) is 434. The summed E-state index contributed by atoms with van der Waals surface area (Å²) in [5.41, 5.74) is 0. The van der Waals surface area contributed by atoms with Gasteiger partial charge < -0.3 is 11.3 Å². The van der Waals surface area contributed by atoms with Gasteiger partial charge >= 0.3 is 0 Å². The molecule has 0 radical (unpaired) electrons. The maximum atomic E-state index is 7.00. The highest BCUT2D eigenvalue weighted by molar-refractivity contribution is 3.18. The van der Waals surface area contributed by atoms with Gasteiger partial charge in [0.05, 0.1) is 0 Å². The fraction of sp³-hybridized carbons (Fsp3) is 1.00. The van der Waals surface area contributed by atoms with Crippen molar-refractivity contribution in [1.29, 1.82) is 0 Å². The van der Waals surface area contributed by atoms with Gasteiger partial charge in [-0.1, -0.05) is 0 Å². The molecule has 0 spiro atoms. The molecule has 0 amide bonds. The summed E-state index contributed by atoms with van der Waals surface area (Å²) in [7, 11) is 1.00. The Hall–Kier alpha value is -0.150. The SMILES string of the molecule is CO.F.N. The fourth-order valence-electron chi connectivity index (χ4n) is 0. The number of hydrogen-bond acceptors (Lipinski definition) is 2. The predicted molar refractivity (Wildman–Crippen MR) is 15.7 cm³/mol. The van der Waals surface area contributed by atoms with Crippen LogP contribution in [0.25, 0.3) is 0 Å². The van der Waals surface area contributed by atoms with Gasteiger partial charge in [0.2, 0.25) is 0 Å². The zero-order chi connectivity index (χ0) is 2.00. The Morgan fingerprint density at radius 1 is 1.25 bits per heavy atom. The second-order valence-electron chi connectivity index (χ2n) is 0. The summed E-state index contributed by atoms with van der Waals surface area (Å²) in [6, 6.07) is 0. The van der Waals surface area contributed by atoms with Crippen molar-refractivity contribution in [2.24, 2.45) is 0 Å². The number of hydrogen-bond donors (Lipinski definition) is 2. The zero-order valence-electron chi connectivity index (χ0n) is 2.56. The Bertz CT molecular complexity index is 8.00. The van der Waals surface area contributed by atoms with E-state index in [2.05, 4.69) is 0 Å². The molecular formula is CH8FNO. The van der Waals surface area contributed by atoms with Crippen LogP contribution >= 0.6 is 0 Å². The Balaban J connectivity index is -0.00000000500. The quantitative estimate of drug-likeness (QED) is 0.418. The van der Waals surface area contributed by atoms with Gasteiger partial charge in [0.15, 0.2) is 0 Å². The van der Waals surface area contributed by atoms with Gasteiger partial charge in [-0.25, -0.2) is 0 Å². The van der Waals surface area contributed by atoms with E-state index in [-0.39, 0.29) is 10.9 Å². The lowest BCUT2D eigenvalue weighted by molar-refractivity contribution is 0.399. The molecule has 0 aliphatic carbocycles. The Morgan fingerprint density at radius 2 is 1.25 bits per heavy atom. The first kappa shape index (κ1) is 43.3. The molecule has 0 saturated heterocycles. The molecule has 0 fully saturated rings. The first-order valence-electron chi connectivity index (χ1n) is 0.447. The van der Waals surface area contributed by atoms with Crippen LogP contribution in [0.2, 0.25) is 0 Å². The van der Waals surface area contributed by atoms with Crippen LogP contribution in [0.5, 0.6) is 0 Å². The van der Waals surface area contributed by atoms with Crippen LogP contribution in [0.4, 0.5) is 4.70 Å². The topological polar surface area (TPSA) is 55.2 Å². The van der Waals surface area contributed by atoms with Crippen LogP contribution in [0, 0.1) is 0 Å². The molecule has 0 aromatic heterocycles. The number of rotatable bonds is 0. The molecule has 0 saturated carbocycles. The molecule has 0 aromatic rings. The maximum Gasteiger partial charge on any atom is 0.0319 e. The van der Waals surface area contributed by atoms with Gasteiger partial charge in [-0.3, -0.25) is 4.70 Å². The van der Waals surface area contributed by atoms with Crippen molar-refractivity contribution in [2.45, 2.75) is 0 Å². The number of aliphatic hydroxyl groups excluding tert-OH is 1. The van der Waals surface area contributed by atoms with E-state index in [1.807, 2.05) is 0 Å². The summed E-state index contributed by atoms with van der Waals surface area (Å²) in [6.07, 6.45) is 0. The van der Waals surface area contributed by atoms with Crippen molar-refractivity contribution in [3.05, 3.63) is 0 Å². The number of halogens is 1. The Morgan fingerprint density at radius 3 is 1.25 bits per heavy atom. The van der Waals surface area contributed by atoms with Crippen molar-refractivity contribution in [2.75, 3.05) is 7.11 Å². The van der Waals surface area contributed by atoms with Gasteiger partial charge in [-0.2, -0.15) is 0 Å². The molecule has 0 aliphatic rings. The highest BCUT2D eigenvalue weighted by atomic mass is 19.0. The molecule has 0 aromatic carbocycles. The summed E-state index contributed by atoms with van der Waals surface area (Å²) in [4.78, 5) is 0. The summed E-state index contributed by atoms with van der Waals surface area (Å²) < 4.78 is 0. The minimum Gasteiger partial charge on any atom is -0.400 e. The van der Waals surface area contributed by atoms with E-state index in [1.165, 1.54) is 0 Å². The highest BCUT2D eigenvalue weighted by Gasteiger charge is 0.839. The minimum atomic E-state index is 0. The lowest BCUT2D eigenvalue weighted by atomic mass is 11.8. The molecule has 0 rings (SSSR count). The molecular weight excluding hydrogens is 61.0 g/mol. The molecule has 0 unspecified atom stereocenters. The standard InChI is InChI=1S/CH4O.FH.H3N/c1-2;;/h2H,1H3;1H;1H3. The van der Waals surface area contributed by atoms with Gasteiger partial charge in [0, 0.05) is 7.11 Å². The summed E-state index contributed by atoms with van der Waals surface area (Å²) in [5, 5.41) is 7.00. The van der Waals surface area contributed by atoms with Crippen molar-refractivity contribution in [1.82, 2.24) is 6.15 Å². The lowest BCUT2D eigenvalue weighted by Gasteiger charge is -1.21. The minimum absolute atomic E-state index is 0. The first-order valence-corrected chi connectivity index (χ1v) is 0.447. The van der Waals surface area contributed by atoms with E-state index >= 15 is 0 Å². The molecule has 4 heavy (non-hydrogen) atoms. The highest BCUT2D eigenvalue weighted by Crippen LogP contribution is 0.755. The average molecular weight is 69.1 g/mol. The van der Waals surface area contributed by atoms with Gasteiger partial charge in [-0.15, -0.1) is 0 Å². The van der Waals surface area contributed by atoms with E-state index in [4.69, 9.17) is 5.11 Å². The van der Waals surface area contributed by atoms with Crippen LogP contribution in [0.1, 0.15) is 0 Å². The third-order valence-corrected chi connectivity index (χ3v) is 0. The van der Waals surface area contributed by atoms with E-state index in [0.717, 1.165) is 7.11 Å². The summed E-state index contributed by atoms with van der Waals surface area (Å²) >= 11 is 0. The van der Waals surface area contributed by atoms with E-state index in [1.54, 1.807) is 0 Å².